The molecule has 0 heterocycles. The van der Waals surface area contributed by atoms with Gasteiger partial charge in [0.15, 0.2) is 0 Å². The molecule has 0 saturated carbocycles. The SMILES string of the molecule is CCC(C)C(N)C(=O)NC(Cc1ccccc1)C(=O)NC(C(=O)NC(C)C(=O)O)C(C)C. The Balaban J connectivity index is 3.04. The van der Waals surface area contributed by atoms with Crippen molar-refractivity contribution in [3.05, 3.63) is 35.9 Å². The number of carboxylic acid groups (broad SMARTS) is 1. The van der Waals surface area contributed by atoms with Gasteiger partial charge in [-0.05, 0) is 24.3 Å². The van der Waals surface area contributed by atoms with Gasteiger partial charge in [-0.3, -0.25) is 19.2 Å². The molecule has 178 valence electrons. The van der Waals surface area contributed by atoms with Crippen LogP contribution in [0.4, 0.5) is 0 Å². The molecule has 0 fully saturated rings. The first-order chi connectivity index (χ1) is 15.0. The van der Waals surface area contributed by atoms with Crippen LogP contribution in [0.25, 0.3) is 0 Å². The molecule has 0 aliphatic rings. The van der Waals surface area contributed by atoms with E-state index in [0.717, 1.165) is 5.56 Å². The third-order valence-electron chi connectivity index (χ3n) is 5.45. The number of carbonyl (C=O) groups is 4. The number of nitrogens with one attached hydrogen (secondary N) is 3. The smallest absolute Gasteiger partial charge is 0.325 e. The van der Waals surface area contributed by atoms with E-state index < -0.39 is 47.9 Å². The minimum Gasteiger partial charge on any atom is -0.480 e. The lowest BCUT2D eigenvalue weighted by atomic mass is 9.97. The zero-order chi connectivity index (χ0) is 24.4. The number of aliphatic carboxylic acids is 1. The van der Waals surface area contributed by atoms with Crippen molar-refractivity contribution in [3.63, 3.8) is 0 Å². The van der Waals surface area contributed by atoms with Crippen molar-refractivity contribution < 1.29 is 24.3 Å². The van der Waals surface area contributed by atoms with Crippen molar-refractivity contribution in [3.8, 4) is 0 Å². The number of hydrogen-bond acceptors (Lipinski definition) is 5. The number of carboxylic acids is 1. The second-order valence-corrected chi connectivity index (χ2v) is 8.46. The maximum Gasteiger partial charge on any atom is 0.325 e. The molecular weight excluding hydrogens is 412 g/mol. The van der Waals surface area contributed by atoms with Crippen LogP contribution in [0.5, 0.6) is 0 Å². The van der Waals surface area contributed by atoms with Gasteiger partial charge in [-0.2, -0.15) is 0 Å². The molecule has 0 aromatic heterocycles. The molecule has 0 radical (unpaired) electrons. The Hall–Kier alpha value is -2.94. The molecule has 0 spiro atoms. The summed E-state index contributed by atoms with van der Waals surface area (Å²) in [6.45, 7) is 8.60. The Morgan fingerprint density at radius 3 is 2.00 bits per heavy atom. The highest BCUT2D eigenvalue weighted by atomic mass is 16.4. The molecule has 0 aliphatic heterocycles. The van der Waals surface area contributed by atoms with Crippen molar-refractivity contribution >= 4 is 23.7 Å². The van der Waals surface area contributed by atoms with E-state index in [0.29, 0.717) is 6.42 Å². The first-order valence-corrected chi connectivity index (χ1v) is 10.9. The quantitative estimate of drug-likeness (QED) is 0.319. The van der Waals surface area contributed by atoms with Gasteiger partial charge >= 0.3 is 5.97 Å². The Kier molecular flexibility index (Phi) is 10.8. The molecule has 0 aliphatic carbocycles. The Morgan fingerprint density at radius 2 is 1.50 bits per heavy atom. The predicted molar refractivity (Wildman–Crippen MR) is 122 cm³/mol. The van der Waals surface area contributed by atoms with Crippen LogP contribution in [0.1, 0.15) is 46.6 Å². The van der Waals surface area contributed by atoms with Gasteiger partial charge in [-0.25, -0.2) is 0 Å². The molecule has 1 aromatic rings. The summed E-state index contributed by atoms with van der Waals surface area (Å²) in [5.41, 5.74) is 6.86. The van der Waals surface area contributed by atoms with Crippen molar-refractivity contribution in [1.29, 1.82) is 0 Å². The minimum absolute atomic E-state index is 0.0675. The highest BCUT2D eigenvalue weighted by Crippen LogP contribution is 2.09. The Morgan fingerprint density at radius 1 is 0.906 bits per heavy atom. The van der Waals surface area contributed by atoms with E-state index in [4.69, 9.17) is 10.8 Å². The van der Waals surface area contributed by atoms with Crippen LogP contribution in [-0.4, -0.2) is 53.0 Å². The maximum atomic E-state index is 13.1. The fourth-order valence-electron chi connectivity index (χ4n) is 2.99. The van der Waals surface area contributed by atoms with E-state index in [9.17, 15) is 19.2 Å². The monoisotopic (exact) mass is 448 g/mol. The van der Waals surface area contributed by atoms with Crippen LogP contribution in [-0.2, 0) is 25.6 Å². The number of amides is 3. The van der Waals surface area contributed by atoms with Crippen LogP contribution in [0.3, 0.4) is 0 Å². The van der Waals surface area contributed by atoms with Crippen LogP contribution >= 0.6 is 0 Å². The molecule has 5 atom stereocenters. The average molecular weight is 449 g/mol. The molecule has 3 amide bonds. The summed E-state index contributed by atoms with van der Waals surface area (Å²) in [6.07, 6.45) is 0.922. The topological polar surface area (TPSA) is 151 Å². The zero-order valence-corrected chi connectivity index (χ0v) is 19.4. The van der Waals surface area contributed by atoms with E-state index in [-0.39, 0.29) is 18.3 Å². The number of nitrogens with two attached hydrogens (primary N) is 1. The predicted octanol–water partition coefficient (Wildman–Crippen LogP) is 0.817. The number of hydrogen-bond donors (Lipinski definition) is 5. The third kappa shape index (κ3) is 8.30. The third-order valence-corrected chi connectivity index (χ3v) is 5.45. The summed E-state index contributed by atoms with van der Waals surface area (Å²) >= 11 is 0. The fourth-order valence-corrected chi connectivity index (χ4v) is 2.99. The highest BCUT2D eigenvalue weighted by molar-refractivity contribution is 5.94. The van der Waals surface area contributed by atoms with Gasteiger partial charge in [0.05, 0.1) is 6.04 Å². The maximum absolute atomic E-state index is 13.1. The Bertz CT molecular complexity index is 784. The van der Waals surface area contributed by atoms with E-state index in [1.807, 2.05) is 44.2 Å². The number of benzene rings is 1. The Labute approximate surface area is 189 Å². The standard InChI is InChI=1S/C23H36N4O5/c1-6-14(4)18(24)21(29)26-17(12-16-10-8-7-9-11-16)20(28)27-19(13(2)3)22(30)25-15(5)23(31)32/h7-11,13-15,17-19H,6,12,24H2,1-5H3,(H,25,30)(H,26,29)(H,27,28)(H,31,32). The molecule has 0 bridgehead atoms. The van der Waals surface area contributed by atoms with Crippen LogP contribution in [0.2, 0.25) is 0 Å². The molecule has 9 nitrogen and oxygen atoms in total. The van der Waals surface area contributed by atoms with E-state index >= 15 is 0 Å². The lowest BCUT2D eigenvalue weighted by Gasteiger charge is -2.27. The molecule has 5 unspecified atom stereocenters. The van der Waals surface area contributed by atoms with E-state index in [2.05, 4.69) is 16.0 Å². The summed E-state index contributed by atoms with van der Waals surface area (Å²) in [6, 6.07) is 5.38. The van der Waals surface area contributed by atoms with Gasteiger partial charge in [-0.1, -0.05) is 64.4 Å². The van der Waals surface area contributed by atoms with Crippen molar-refractivity contribution in [1.82, 2.24) is 16.0 Å². The molecule has 1 rings (SSSR count). The zero-order valence-electron chi connectivity index (χ0n) is 19.4. The molecule has 9 heteroatoms. The minimum atomic E-state index is -1.18. The van der Waals surface area contributed by atoms with Crippen LogP contribution in [0, 0.1) is 11.8 Å². The first-order valence-electron chi connectivity index (χ1n) is 10.9. The average Bonchev–Trinajstić information content (AvgIpc) is 2.75. The first kappa shape index (κ1) is 27.1. The van der Waals surface area contributed by atoms with Crippen LogP contribution in [0.15, 0.2) is 30.3 Å². The summed E-state index contributed by atoms with van der Waals surface area (Å²) < 4.78 is 0. The molecule has 32 heavy (non-hydrogen) atoms. The number of carbonyl (C=O) groups excluding carboxylic acids is 3. The highest BCUT2D eigenvalue weighted by Gasteiger charge is 2.31. The van der Waals surface area contributed by atoms with E-state index in [1.54, 1.807) is 13.8 Å². The summed E-state index contributed by atoms with van der Waals surface area (Å²) in [4.78, 5) is 49.4. The number of rotatable bonds is 12. The van der Waals surface area contributed by atoms with Gasteiger partial charge in [-0.15, -0.1) is 0 Å². The summed E-state index contributed by atoms with van der Waals surface area (Å²) in [7, 11) is 0. The van der Waals surface area contributed by atoms with E-state index in [1.165, 1.54) is 6.92 Å². The molecule has 0 saturated heterocycles. The van der Waals surface area contributed by atoms with Crippen LogP contribution < -0.4 is 21.7 Å². The lowest BCUT2D eigenvalue weighted by Crippen LogP contribution is -2.59. The second-order valence-electron chi connectivity index (χ2n) is 8.46. The molecular formula is C23H36N4O5. The van der Waals surface area contributed by atoms with Gasteiger partial charge < -0.3 is 26.8 Å². The largest absolute Gasteiger partial charge is 0.480 e. The van der Waals surface area contributed by atoms with Crippen molar-refractivity contribution in [2.45, 2.75) is 71.6 Å². The van der Waals surface area contributed by atoms with Gasteiger partial charge in [0.2, 0.25) is 17.7 Å². The van der Waals surface area contributed by atoms with Crippen molar-refractivity contribution in [2.75, 3.05) is 0 Å². The normalized spacial score (nSPS) is 15.7. The van der Waals surface area contributed by atoms with Gasteiger partial charge in [0.1, 0.15) is 18.1 Å². The van der Waals surface area contributed by atoms with Gasteiger partial charge in [0, 0.05) is 6.42 Å². The molecule has 6 N–H and O–H groups in total. The molecule has 1 aromatic carbocycles. The fraction of sp³-hybridized carbons (Fsp3) is 0.565. The lowest BCUT2D eigenvalue weighted by molar-refractivity contribution is -0.142. The summed E-state index contributed by atoms with van der Waals surface area (Å²) in [5, 5.41) is 16.8. The summed E-state index contributed by atoms with van der Waals surface area (Å²) in [5.74, 6) is -3.15. The second kappa shape index (κ2) is 12.8. The van der Waals surface area contributed by atoms with Gasteiger partial charge in [0.25, 0.3) is 0 Å². The van der Waals surface area contributed by atoms with Crippen molar-refractivity contribution in [2.24, 2.45) is 17.6 Å².